The molecule has 1 rings (SSSR count). The van der Waals surface area contributed by atoms with E-state index in [1.165, 1.54) is 0 Å². The van der Waals surface area contributed by atoms with Gasteiger partial charge in [-0.05, 0) is 44.5 Å². The van der Waals surface area contributed by atoms with Crippen LogP contribution in [0.3, 0.4) is 0 Å². The maximum absolute atomic E-state index is 11.9. The number of hydrogen-bond donors (Lipinski definition) is 3. The van der Waals surface area contributed by atoms with Gasteiger partial charge in [0.2, 0.25) is 5.91 Å². The van der Waals surface area contributed by atoms with Gasteiger partial charge in [-0.15, -0.1) is 0 Å². The molecule has 19 heavy (non-hydrogen) atoms. The summed E-state index contributed by atoms with van der Waals surface area (Å²) in [5.41, 5.74) is 7.09. The molecule has 0 saturated heterocycles. The number of amides is 2. The average Bonchev–Trinajstić information content (AvgIpc) is 2.40. The standard InChI is InChI=1S/C14H21N3O2/c1-3-16-13(18)10(2)17-14(19)12-6-4-11(5-7-12)8-9-15/h4-7,10H,3,8-9,15H2,1-2H3,(H,16,18)(H,17,19). The van der Waals surface area contributed by atoms with Crippen molar-refractivity contribution in [2.45, 2.75) is 26.3 Å². The number of nitrogens with one attached hydrogen (secondary N) is 2. The molecule has 5 heteroatoms. The second kappa shape index (κ2) is 7.53. The summed E-state index contributed by atoms with van der Waals surface area (Å²) < 4.78 is 0. The highest BCUT2D eigenvalue weighted by Crippen LogP contribution is 2.05. The maximum Gasteiger partial charge on any atom is 0.251 e. The van der Waals surface area contributed by atoms with Crippen molar-refractivity contribution in [1.82, 2.24) is 10.6 Å². The van der Waals surface area contributed by atoms with E-state index in [9.17, 15) is 9.59 Å². The third-order valence-electron chi connectivity index (χ3n) is 2.74. The molecule has 0 spiro atoms. The lowest BCUT2D eigenvalue weighted by Gasteiger charge is -2.13. The molecule has 2 amide bonds. The Bertz CT molecular complexity index is 429. The Labute approximate surface area is 113 Å². The van der Waals surface area contributed by atoms with Crippen molar-refractivity contribution in [3.63, 3.8) is 0 Å². The number of nitrogens with two attached hydrogens (primary N) is 1. The van der Waals surface area contributed by atoms with Crippen molar-refractivity contribution >= 4 is 11.8 Å². The van der Waals surface area contributed by atoms with Gasteiger partial charge in [0.05, 0.1) is 0 Å². The van der Waals surface area contributed by atoms with Crippen molar-refractivity contribution in [2.75, 3.05) is 13.1 Å². The molecule has 104 valence electrons. The van der Waals surface area contributed by atoms with Crippen LogP contribution < -0.4 is 16.4 Å². The summed E-state index contributed by atoms with van der Waals surface area (Å²) in [6.07, 6.45) is 0.789. The molecule has 0 fully saturated rings. The van der Waals surface area contributed by atoms with Gasteiger partial charge in [-0.2, -0.15) is 0 Å². The van der Waals surface area contributed by atoms with Gasteiger partial charge >= 0.3 is 0 Å². The van der Waals surface area contributed by atoms with Gasteiger partial charge in [0, 0.05) is 12.1 Å². The molecule has 0 heterocycles. The minimum Gasteiger partial charge on any atom is -0.355 e. The first-order valence-electron chi connectivity index (χ1n) is 6.46. The van der Waals surface area contributed by atoms with Gasteiger partial charge in [0.25, 0.3) is 5.91 Å². The van der Waals surface area contributed by atoms with E-state index in [1.807, 2.05) is 19.1 Å². The zero-order valence-corrected chi connectivity index (χ0v) is 11.4. The zero-order chi connectivity index (χ0) is 14.3. The molecule has 5 nitrogen and oxygen atoms in total. The van der Waals surface area contributed by atoms with E-state index >= 15 is 0 Å². The van der Waals surface area contributed by atoms with E-state index in [1.54, 1.807) is 19.1 Å². The Kier molecular flexibility index (Phi) is 6.02. The molecule has 1 unspecified atom stereocenters. The van der Waals surface area contributed by atoms with Crippen molar-refractivity contribution < 1.29 is 9.59 Å². The van der Waals surface area contributed by atoms with Crippen LogP contribution >= 0.6 is 0 Å². The van der Waals surface area contributed by atoms with E-state index < -0.39 is 6.04 Å². The van der Waals surface area contributed by atoms with Crippen molar-refractivity contribution in [1.29, 1.82) is 0 Å². The summed E-state index contributed by atoms with van der Waals surface area (Å²) >= 11 is 0. The maximum atomic E-state index is 11.9. The summed E-state index contributed by atoms with van der Waals surface area (Å²) in [6.45, 7) is 4.63. The molecule has 0 aliphatic heterocycles. The van der Waals surface area contributed by atoms with Gasteiger partial charge in [-0.1, -0.05) is 12.1 Å². The lowest BCUT2D eigenvalue weighted by molar-refractivity contribution is -0.122. The Hall–Kier alpha value is -1.88. The highest BCUT2D eigenvalue weighted by atomic mass is 16.2. The summed E-state index contributed by atoms with van der Waals surface area (Å²) in [5.74, 6) is -0.436. The van der Waals surface area contributed by atoms with Crippen LogP contribution in [0.1, 0.15) is 29.8 Å². The van der Waals surface area contributed by atoms with E-state index in [4.69, 9.17) is 5.73 Å². The summed E-state index contributed by atoms with van der Waals surface area (Å²) in [5, 5.41) is 5.32. The third kappa shape index (κ3) is 4.71. The number of carbonyl (C=O) groups excluding carboxylic acids is 2. The monoisotopic (exact) mass is 263 g/mol. The lowest BCUT2D eigenvalue weighted by Crippen LogP contribution is -2.44. The minimum atomic E-state index is -0.545. The molecule has 4 N–H and O–H groups in total. The molecular formula is C14H21N3O2. The first-order chi connectivity index (χ1) is 9.08. The van der Waals surface area contributed by atoms with Crippen LogP contribution in [0.15, 0.2) is 24.3 Å². The quantitative estimate of drug-likeness (QED) is 0.696. The fourth-order valence-electron chi connectivity index (χ4n) is 1.66. The van der Waals surface area contributed by atoms with Crippen LogP contribution in [0.2, 0.25) is 0 Å². The van der Waals surface area contributed by atoms with Crippen molar-refractivity contribution in [2.24, 2.45) is 5.73 Å². The Morgan fingerprint density at radius 3 is 2.42 bits per heavy atom. The van der Waals surface area contributed by atoms with Gasteiger partial charge in [0.15, 0.2) is 0 Å². The number of rotatable bonds is 6. The van der Waals surface area contributed by atoms with Crippen LogP contribution in [0.5, 0.6) is 0 Å². The molecule has 0 saturated carbocycles. The SMILES string of the molecule is CCNC(=O)C(C)NC(=O)c1ccc(CCN)cc1. The number of carbonyl (C=O) groups is 2. The third-order valence-corrected chi connectivity index (χ3v) is 2.74. The highest BCUT2D eigenvalue weighted by Gasteiger charge is 2.15. The predicted octanol–water partition coefficient (Wildman–Crippen LogP) is 0.442. The summed E-state index contributed by atoms with van der Waals surface area (Å²) in [4.78, 5) is 23.4. The van der Waals surface area contributed by atoms with Gasteiger partial charge in [-0.25, -0.2) is 0 Å². The van der Waals surface area contributed by atoms with Gasteiger partial charge in [0.1, 0.15) is 6.04 Å². The second-order valence-electron chi connectivity index (χ2n) is 4.33. The fourth-order valence-corrected chi connectivity index (χ4v) is 1.66. The van der Waals surface area contributed by atoms with E-state index in [2.05, 4.69) is 10.6 Å². The van der Waals surface area contributed by atoms with Crippen molar-refractivity contribution in [3.8, 4) is 0 Å². The largest absolute Gasteiger partial charge is 0.355 e. The Balaban J connectivity index is 2.60. The van der Waals surface area contributed by atoms with E-state index in [-0.39, 0.29) is 11.8 Å². The lowest BCUT2D eigenvalue weighted by atomic mass is 10.1. The average molecular weight is 263 g/mol. The van der Waals surface area contributed by atoms with Crippen LogP contribution in [0.4, 0.5) is 0 Å². The van der Waals surface area contributed by atoms with Gasteiger partial charge < -0.3 is 16.4 Å². The molecule has 0 aliphatic carbocycles. The molecule has 0 aromatic heterocycles. The van der Waals surface area contributed by atoms with Crippen LogP contribution in [0.25, 0.3) is 0 Å². The normalized spacial score (nSPS) is 11.7. The molecular weight excluding hydrogens is 242 g/mol. The fraction of sp³-hybridized carbons (Fsp3) is 0.429. The number of likely N-dealkylation sites (N-methyl/N-ethyl adjacent to an activating group) is 1. The number of hydrogen-bond acceptors (Lipinski definition) is 3. The van der Waals surface area contributed by atoms with Crippen LogP contribution in [-0.4, -0.2) is 30.9 Å². The second-order valence-corrected chi connectivity index (χ2v) is 4.33. The highest BCUT2D eigenvalue weighted by molar-refractivity contribution is 5.97. The van der Waals surface area contributed by atoms with Crippen molar-refractivity contribution in [3.05, 3.63) is 35.4 Å². The van der Waals surface area contributed by atoms with E-state index in [0.717, 1.165) is 12.0 Å². The topological polar surface area (TPSA) is 84.2 Å². The molecule has 0 bridgehead atoms. The molecule has 1 aromatic carbocycles. The van der Waals surface area contributed by atoms with Crippen LogP contribution in [-0.2, 0) is 11.2 Å². The van der Waals surface area contributed by atoms with Gasteiger partial charge in [-0.3, -0.25) is 9.59 Å². The van der Waals surface area contributed by atoms with Crippen LogP contribution in [0, 0.1) is 0 Å². The number of benzene rings is 1. The summed E-state index contributed by atoms with van der Waals surface area (Å²) in [6, 6.07) is 6.68. The smallest absolute Gasteiger partial charge is 0.251 e. The Morgan fingerprint density at radius 2 is 1.89 bits per heavy atom. The summed E-state index contributed by atoms with van der Waals surface area (Å²) in [7, 11) is 0. The molecule has 1 aromatic rings. The predicted molar refractivity (Wildman–Crippen MR) is 74.8 cm³/mol. The molecule has 1 atom stereocenters. The zero-order valence-electron chi connectivity index (χ0n) is 11.4. The molecule has 0 aliphatic rings. The molecule has 0 radical (unpaired) electrons. The first-order valence-corrected chi connectivity index (χ1v) is 6.46. The first kappa shape index (κ1) is 15.2. The Morgan fingerprint density at radius 1 is 1.26 bits per heavy atom. The minimum absolute atomic E-state index is 0.185. The van der Waals surface area contributed by atoms with E-state index in [0.29, 0.717) is 18.7 Å².